The molecule has 3 amide bonds. The summed E-state index contributed by atoms with van der Waals surface area (Å²) in [5.41, 5.74) is -0.642. The van der Waals surface area contributed by atoms with Gasteiger partial charge >= 0.3 is 5.97 Å². The number of amides is 3. The lowest BCUT2D eigenvalue weighted by molar-refractivity contribution is -0.148. The lowest BCUT2D eigenvalue weighted by Crippen LogP contribution is -2.58. The highest BCUT2D eigenvalue weighted by molar-refractivity contribution is 7.13. The average Bonchev–Trinajstić information content (AvgIpc) is 3.40. The first kappa shape index (κ1) is 26.9. The second-order valence-electron chi connectivity index (χ2n) is 13.2. The number of hydrogen-bond donors (Lipinski definition) is 3. The molecule has 2 aliphatic heterocycles. The number of hydrogen-bond acceptors (Lipinski definition) is 8. The van der Waals surface area contributed by atoms with Gasteiger partial charge in [0.05, 0.1) is 7.11 Å². The third kappa shape index (κ3) is 4.78. The fraction of sp³-hybridized carbons (Fsp3) is 0.741. The molecule has 1 aromatic rings. The molecule has 208 valence electrons. The summed E-state index contributed by atoms with van der Waals surface area (Å²) < 4.78 is 5.00. The zero-order valence-corrected chi connectivity index (χ0v) is 23.8. The van der Waals surface area contributed by atoms with Crippen molar-refractivity contribution in [2.75, 3.05) is 19.0 Å². The maximum atomic E-state index is 14.0. The summed E-state index contributed by atoms with van der Waals surface area (Å²) in [5, 5.41) is 11.7. The highest BCUT2D eigenvalue weighted by Gasteiger charge is 2.70. The molecule has 0 radical (unpaired) electrons. The van der Waals surface area contributed by atoms with Crippen LogP contribution < -0.4 is 16.0 Å². The Labute approximate surface area is 227 Å². The van der Waals surface area contributed by atoms with E-state index in [1.54, 1.807) is 11.1 Å². The molecule has 11 heteroatoms. The molecule has 0 aromatic carbocycles. The highest BCUT2D eigenvalue weighted by Crippen LogP contribution is 2.65. The van der Waals surface area contributed by atoms with Crippen molar-refractivity contribution in [3.63, 3.8) is 0 Å². The van der Waals surface area contributed by atoms with E-state index in [9.17, 15) is 19.2 Å². The zero-order valence-electron chi connectivity index (χ0n) is 23.0. The topological polar surface area (TPSA) is 130 Å². The lowest BCUT2D eigenvalue weighted by atomic mass is 9.85. The Balaban J connectivity index is 1.35. The maximum absolute atomic E-state index is 14.0. The van der Waals surface area contributed by atoms with Crippen molar-refractivity contribution in [2.45, 2.75) is 84.0 Å². The summed E-state index contributed by atoms with van der Waals surface area (Å²) in [5.74, 6) is -1.34. The van der Waals surface area contributed by atoms with E-state index in [2.05, 4.69) is 34.8 Å². The standard InChI is InChI=1S/C27H39N5O5S/c1-25(2,3)19(30-24-28-9-10-38-24)22(35)32-13-15-17(26(15,4)5)18(32)21(34)29-16(23(36)37-6)11-14-12-27(7-8-27)31-20(14)33/h9-10,14-19H,7-8,11-13H2,1-6H3,(H,28,30)(H,29,34)(H,31,33)/t14-,15+,16+,17+,18+,19-/m1/s1. The van der Waals surface area contributed by atoms with Crippen LogP contribution in [-0.4, -0.2) is 70.9 Å². The molecule has 6 atom stereocenters. The first-order valence-corrected chi connectivity index (χ1v) is 14.3. The highest BCUT2D eigenvalue weighted by atomic mass is 32.1. The number of rotatable bonds is 8. The van der Waals surface area contributed by atoms with Gasteiger partial charge in [-0.2, -0.15) is 0 Å². The van der Waals surface area contributed by atoms with Crippen molar-refractivity contribution < 1.29 is 23.9 Å². The number of aromatic nitrogens is 1. The molecule has 0 unspecified atom stereocenters. The SMILES string of the molecule is COC(=O)[C@H](C[C@@H]1CC2(CC2)NC1=O)NC(=O)[C@@H]1[C@@H]2[C@H](CN1C(=O)[C@@H](Nc1nccs1)C(C)(C)C)C2(C)C. The minimum atomic E-state index is -0.957. The predicted octanol–water partition coefficient (Wildman–Crippen LogP) is 2.17. The molecule has 2 saturated heterocycles. The van der Waals surface area contributed by atoms with Gasteiger partial charge < -0.3 is 25.6 Å². The van der Waals surface area contributed by atoms with E-state index in [4.69, 9.17) is 4.74 Å². The molecule has 2 aliphatic carbocycles. The van der Waals surface area contributed by atoms with Gasteiger partial charge in [-0.1, -0.05) is 34.6 Å². The van der Waals surface area contributed by atoms with Crippen molar-refractivity contribution in [1.82, 2.24) is 20.5 Å². The molecule has 2 saturated carbocycles. The van der Waals surface area contributed by atoms with Crippen LogP contribution in [0.3, 0.4) is 0 Å². The van der Waals surface area contributed by atoms with Crippen molar-refractivity contribution in [3.05, 3.63) is 11.6 Å². The number of likely N-dealkylation sites (tertiary alicyclic amines) is 1. The average molecular weight is 546 g/mol. The third-order valence-corrected chi connectivity index (χ3v) is 9.85. The van der Waals surface area contributed by atoms with E-state index in [1.165, 1.54) is 18.4 Å². The number of methoxy groups -OCH3 is 1. The largest absolute Gasteiger partial charge is 0.467 e. The molecular weight excluding hydrogens is 506 g/mol. The van der Waals surface area contributed by atoms with Gasteiger partial charge in [0, 0.05) is 29.6 Å². The van der Waals surface area contributed by atoms with Crippen LogP contribution in [0.5, 0.6) is 0 Å². The molecular formula is C27H39N5O5S. The van der Waals surface area contributed by atoms with Crippen LogP contribution in [0.4, 0.5) is 5.13 Å². The second-order valence-corrected chi connectivity index (χ2v) is 14.1. The molecule has 1 spiro atoms. The number of carbonyl (C=O) groups excluding carboxylic acids is 4. The number of nitrogens with one attached hydrogen (secondary N) is 3. The number of fused-ring (bicyclic) bond motifs is 1. The summed E-state index contributed by atoms with van der Waals surface area (Å²) in [7, 11) is 1.28. The smallest absolute Gasteiger partial charge is 0.328 e. The van der Waals surface area contributed by atoms with Gasteiger partial charge in [-0.25, -0.2) is 9.78 Å². The normalized spacial score (nSPS) is 29.7. The lowest BCUT2D eigenvalue weighted by Gasteiger charge is -2.38. The quantitative estimate of drug-likeness (QED) is 0.427. The Bertz CT molecular complexity index is 1130. The van der Waals surface area contributed by atoms with Gasteiger partial charge in [-0.3, -0.25) is 14.4 Å². The minimum absolute atomic E-state index is 0.00487. The van der Waals surface area contributed by atoms with Crippen LogP contribution in [0.2, 0.25) is 0 Å². The Morgan fingerprint density at radius 2 is 2.00 bits per heavy atom. The van der Waals surface area contributed by atoms with E-state index in [1.807, 2.05) is 26.2 Å². The van der Waals surface area contributed by atoms with E-state index < -0.39 is 29.5 Å². The van der Waals surface area contributed by atoms with Gasteiger partial charge in [-0.05, 0) is 48.3 Å². The van der Waals surface area contributed by atoms with Gasteiger partial charge in [0.1, 0.15) is 18.1 Å². The fourth-order valence-electron chi connectivity index (χ4n) is 6.59. The number of piperidine rings is 1. The number of carbonyl (C=O) groups is 4. The van der Waals surface area contributed by atoms with Crippen molar-refractivity contribution in [2.24, 2.45) is 28.6 Å². The van der Waals surface area contributed by atoms with Crippen LogP contribution in [-0.2, 0) is 23.9 Å². The summed E-state index contributed by atoms with van der Waals surface area (Å²) in [6.07, 6.45) is 4.43. The molecule has 38 heavy (non-hydrogen) atoms. The molecule has 1 aromatic heterocycles. The van der Waals surface area contributed by atoms with Gasteiger partial charge in [0.15, 0.2) is 5.13 Å². The molecule has 4 aliphatic rings. The third-order valence-electron chi connectivity index (χ3n) is 9.15. The first-order chi connectivity index (χ1) is 17.8. The maximum Gasteiger partial charge on any atom is 0.328 e. The van der Waals surface area contributed by atoms with Crippen LogP contribution in [0, 0.1) is 28.6 Å². The van der Waals surface area contributed by atoms with Gasteiger partial charge in [0.25, 0.3) is 0 Å². The molecule has 3 heterocycles. The summed E-state index contributed by atoms with van der Waals surface area (Å²) in [6, 6.07) is -2.25. The van der Waals surface area contributed by atoms with Crippen LogP contribution >= 0.6 is 11.3 Å². The van der Waals surface area contributed by atoms with E-state index in [-0.39, 0.29) is 52.8 Å². The molecule has 5 rings (SSSR count). The first-order valence-electron chi connectivity index (χ1n) is 13.4. The van der Waals surface area contributed by atoms with Crippen LogP contribution in [0.1, 0.15) is 60.3 Å². The number of nitrogens with zero attached hydrogens (tertiary/aromatic N) is 2. The summed E-state index contributed by atoms with van der Waals surface area (Å²) in [6.45, 7) is 10.7. The summed E-state index contributed by atoms with van der Waals surface area (Å²) >= 11 is 1.42. The van der Waals surface area contributed by atoms with Crippen molar-refractivity contribution in [3.8, 4) is 0 Å². The number of esters is 1. The molecule has 3 N–H and O–H groups in total. The predicted molar refractivity (Wildman–Crippen MR) is 142 cm³/mol. The zero-order chi connectivity index (χ0) is 27.6. The fourth-order valence-corrected chi connectivity index (χ4v) is 7.15. The second kappa shape index (κ2) is 9.20. The van der Waals surface area contributed by atoms with Crippen LogP contribution in [0.25, 0.3) is 0 Å². The molecule has 4 fully saturated rings. The van der Waals surface area contributed by atoms with Crippen molar-refractivity contribution >= 4 is 40.2 Å². The molecule has 0 bridgehead atoms. The van der Waals surface area contributed by atoms with Crippen LogP contribution in [0.15, 0.2) is 11.6 Å². The molecule has 10 nitrogen and oxygen atoms in total. The van der Waals surface area contributed by atoms with Gasteiger partial charge in [-0.15, -0.1) is 11.3 Å². The Morgan fingerprint density at radius 3 is 2.55 bits per heavy atom. The van der Waals surface area contributed by atoms with E-state index in [0.717, 1.165) is 12.8 Å². The summed E-state index contributed by atoms with van der Waals surface area (Å²) in [4.78, 5) is 59.1. The Kier molecular flexibility index (Phi) is 6.52. The minimum Gasteiger partial charge on any atom is -0.467 e. The monoisotopic (exact) mass is 545 g/mol. The number of anilines is 1. The Morgan fingerprint density at radius 1 is 1.29 bits per heavy atom. The van der Waals surface area contributed by atoms with E-state index in [0.29, 0.717) is 18.1 Å². The number of ether oxygens (including phenoxy) is 1. The Hall–Kier alpha value is -2.69. The van der Waals surface area contributed by atoms with Crippen molar-refractivity contribution in [1.29, 1.82) is 0 Å². The van der Waals surface area contributed by atoms with Gasteiger partial charge in [0.2, 0.25) is 17.7 Å². The van der Waals surface area contributed by atoms with E-state index >= 15 is 0 Å². The number of thiazole rings is 1.